The molecule has 0 radical (unpaired) electrons. The number of nitriles is 1. The third kappa shape index (κ3) is 4.84. The molecule has 2 aromatic carbocycles. The number of rotatable bonds is 6. The van der Waals surface area contributed by atoms with Crippen molar-refractivity contribution < 1.29 is 19.1 Å². The van der Waals surface area contributed by atoms with Crippen molar-refractivity contribution in [3.05, 3.63) is 64.7 Å². The molecule has 3 aliphatic rings. The number of piperidine rings is 1. The Labute approximate surface area is 210 Å². The van der Waals surface area contributed by atoms with E-state index in [1.54, 1.807) is 11.0 Å². The summed E-state index contributed by atoms with van der Waals surface area (Å²) in [4.78, 5) is 40.7. The van der Waals surface area contributed by atoms with E-state index in [1.807, 2.05) is 36.4 Å². The topological polar surface area (TPSA) is 103 Å². The molecule has 2 heterocycles. The van der Waals surface area contributed by atoms with E-state index in [4.69, 9.17) is 10.00 Å². The van der Waals surface area contributed by atoms with Crippen molar-refractivity contribution >= 4 is 17.7 Å². The fraction of sp³-hybridized carbons (Fsp3) is 0.429. The Morgan fingerprint density at radius 3 is 2.61 bits per heavy atom. The van der Waals surface area contributed by atoms with Crippen LogP contribution in [0.25, 0.3) is 0 Å². The minimum absolute atomic E-state index is 0.0310. The van der Waals surface area contributed by atoms with E-state index in [0.717, 1.165) is 49.1 Å². The summed E-state index contributed by atoms with van der Waals surface area (Å²) in [7, 11) is 2.11. The van der Waals surface area contributed by atoms with E-state index in [2.05, 4.69) is 23.3 Å². The highest BCUT2D eigenvalue weighted by molar-refractivity contribution is 6.05. The second-order valence-corrected chi connectivity index (χ2v) is 9.95. The van der Waals surface area contributed by atoms with Crippen LogP contribution in [0.2, 0.25) is 0 Å². The molecule has 186 valence electrons. The van der Waals surface area contributed by atoms with Gasteiger partial charge in [0.2, 0.25) is 11.8 Å². The number of nitrogens with one attached hydrogen (secondary N) is 1. The highest BCUT2D eigenvalue weighted by atomic mass is 16.5. The predicted molar refractivity (Wildman–Crippen MR) is 132 cm³/mol. The SMILES string of the molecule is CN(Cc1ccc(C#N)cc1)[C@@H]1CCCC[C@H]1Oc1ccc2c(c1)CN(C1CCC(=O)NC1=O)C2=O. The normalized spacial score (nSPS) is 23.9. The molecule has 36 heavy (non-hydrogen) atoms. The molecule has 2 fully saturated rings. The van der Waals surface area contributed by atoms with Crippen molar-refractivity contribution in [1.82, 2.24) is 15.1 Å². The van der Waals surface area contributed by atoms with E-state index in [9.17, 15) is 14.4 Å². The van der Waals surface area contributed by atoms with Crippen LogP contribution in [-0.2, 0) is 22.7 Å². The standard InChI is InChI=1S/C28H30N4O4/c1-31(16-19-8-6-18(15-29)7-9-19)23-4-2-3-5-25(23)36-21-10-11-22-20(14-21)17-32(28(22)35)24-12-13-26(33)30-27(24)34/h6-11,14,23-25H,2-5,12-13,16-17H2,1H3,(H,30,33,34)/t23-,24?,25-/m1/s1. The summed E-state index contributed by atoms with van der Waals surface area (Å²) >= 11 is 0. The Morgan fingerprint density at radius 2 is 1.86 bits per heavy atom. The van der Waals surface area contributed by atoms with Crippen LogP contribution in [0.1, 0.15) is 65.6 Å². The number of nitrogens with zero attached hydrogens (tertiary/aromatic N) is 3. The maximum Gasteiger partial charge on any atom is 0.255 e. The van der Waals surface area contributed by atoms with Crippen molar-refractivity contribution in [2.24, 2.45) is 0 Å². The van der Waals surface area contributed by atoms with Gasteiger partial charge in [-0.3, -0.25) is 24.6 Å². The van der Waals surface area contributed by atoms with E-state index < -0.39 is 11.9 Å². The first-order chi connectivity index (χ1) is 17.4. The van der Waals surface area contributed by atoms with Crippen LogP contribution in [0.4, 0.5) is 0 Å². The maximum absolute atomic E-state index is 13.0. The van der Waals surface area contributed by atoms with Gasteiger partial charge < -0.3 is 9.64 Å². The van der Waals surface area contributed by atoms with Gasteiger partial charge in [0.05, 0.1) is 11.6 Å². The Morgan fingerprint density at radius 1 is 1.08 bits per heavy atom. The lowest BCUT2D eigenvalue weighted by Crippen LogP contribution is -2.52. The first-order valence-electron chi connectivity index (χ1n) is 12.6. The molecular formula is C28H30N4O4. The van der Waals surface area contributed by atoms with Crippen molar-refractivity contribution in [2.45, 2.75) is 69.8 Å². The van der Waals surface area contributed by atoms with Gasteiger partial charge in [-0.1, -0.05) is 18.6 Å². The average molecular weight is 487 g/mol. The van der Waals surface area contributed by atoms with Crippen molar-refractivity contribution in [3.8, 4) is 11.8 Å². The largest absolute Gasteiger partial charge is 0.489 e. The fourth-order valence-corrected chi connectivity index (χ4v) is 5.61. The molecule has 1 saturated carbocycles. The van der Waals surface area contributed by atoms with Crippen molar-refractivity contribution in [3.63, 3.8) is 0 Å². The second kappa shape index (κ2) is 10.1. The molecule has 3 amide bonds. The number of carbonyl (C=O) groups is 3. The van der Waals surface area contributed by atoms with E-state index in [1.165, 1.54) is 0 Å². The van der Waals surface area contributed by atoms with E-state index in [0.29, 0.717) is 24.1 Å². The van der Waals surface area contributed by atoms with Gasteiger partial charge in [-0.25, -0.2) is 0 Å². The van der Waals surface area contributed by atoms with Gasteiger partial charge in [-0.2, -0.15) is 5.26 Å². The number of hydrogen-bond donors (Lipinski definition) is 1. The van der Waals surface area contributed by atoms with Gasteiger partial charge in [-0.15, -0.1) is 0 Å². The lowest BCUT2D eigenvalue weighted by Gasteiger charge is -2.38. The van der Waals surface area contributed by atoms with Crippen LogP contribution < -0.4 is 10.1 Å². The van der Waals surface area contributed by atoms with Crippen LogP contribution in [0.3, 0.4) is 0 Å². The van der Waals surface area contributed by atoms with Crippen molar-refractivity contribution in [1.29, 1.82) is 5.26 Å². The van der Waals surface area contributed by atoms with E-state index in [-0.39, 0.29) is 30.4 Å². The molecular weight excluding hydrogens is 456 g/mol. The molecule has 1 saturated heterocycles. The van der Waals surface area contributed by atoms with Crippen LogP contribution in [0, 0.1) is 11.3 Å². The smallest absolute Gasteiger partial charge is 0.255 e. The number of imide groups is 1. The molecule has 2 aromatic rings. The van der Waals surface area contributed by atoms with E-state index >= 15 is 0 Å². The summed E-state index contributed by atoms with van der Waals surface area (Å²) in [5.74, 6) is -0.138. The Balaban J connectivity index is 1.27. The first kappa shape index (κ1) is 24.0. The molecule has 2 aliphatic heterocycles. The number of hydrogen-bond acceptors (Lipinski definition) is 6. The third-order valence-corrected chi connectivity index (χ3v) is 7.53. The number of ether oxygens (including phenoxy) is 1. The number of carbonyl (C=O) groups excluding carboxylic acids is 3. The minimum Gasteiger partial charge on any atom is -0.489 e. The summed E-state index contributed by atoms with van der Waals surface area (Å²) in [6.07, 6.45) is 4.89. The van der Waals surface area contributed by atoms with Crippen LogP contribution >= 0.6 is 0 Å². The van der Waals surface area contributed by atoms with Gasteiger partial charge in [0.15, 0.2) is 0 Å². The Hall–Kier alpha value is -3.70. The summed E-state index contributed by atoms with van der Waals surface area (Å²) < 4.78 is 6.50. The Kier molecular flexibility index (Phi) is 6.75. The number of likely N-dealkylation sites (N-methyl/N-ethyl adjacent to an activating group) is 1. The highest BCUT2D eigenvalue weighted by Crippen LogP contribution is 2.33. The van der Waals surface area contributed by atoms with Gasteiger partial charge >= 0.3 is 0 Å². The summed E-state index contributed by atoms with van der Waals surface area (Å²) in [5, 5.41) is 11.4. The molecule has 8 nitrogen and oxygen atoms in total. The summed E-state index contributed by atoms with van der Waals surface area (Å²) in [6.45, 7) is 1.11. The molecule has 1 aliphatic carbocycles. The summed E-state index contributed by atoms with van der Waals surface area (Å²) in [5.41, 5.74) is 3.25. The molecule has 3 atom stereocenters. The predicted octanol–water partition coefficient (Wildman–Crippen LogP) is 3.14. The van der Waals surface area contributed by atoms with Crippen LogP contribution in [0.15, 0.2) is 42.5 Å². The van der Waals surface area contributed by atoms with Gasteiger partial charge in [0.25, 0.3) is 5.91 Å². The molecule has 0 spiro atoms. The lowest BCUT2D eigenvalue weighted by atomic mass is 9.91. The molecule has 1 N–H and O–H groups in total. The quantitative estimate of drug-likeness (QED) is 0.630. The number of benzene rings is 2. The Bertz CT molecular complexity index is 1220. The van der Waals surface area contributed by atoms with Gasteiger partial charge in [0, 0.05) is 31.1 Å². The monoisotopic (exact) mass is 486 g/mol. The first-order valence-corrected chi connectivity index (χ1v) is 12.6. The third-order valence-electron chi connectivity index (χ3n) is 7.53. The zero-order valence-corrected chi connectivity index (χ0v) is 20.4. The zero-order chi connectivity index (χ0) is 25.2. The lowest BCUT2D eigenvalue weighted by molar-refractivity contribution is -0.136. The minimum atomic E-state index is -0.620. The molecule has 5 rings (SSSR count). The van der Waals surface area contributed by atoms with Crippen LogP contribution in [0.5, 0.6) is 5.75 Å². The average Bonchev–Trinajstić information content (AvgIpc) is 3.20. The highest BCUT2D eigenvalue weighted by Gasteiger charge is 2.39. The number of amides is 3. The van der Waals surface area contributed by atoms with Crippen LogP contribution in [-0.4, -0.2) is 52.8 Å². The molecule has 0 bridgehead atoms. The van der Waals surface area contributed by atoms with Gasteiger partial charge in [-0.05, 0) is 74.2 Å². The molecule has 1 unspecified atom stereocenters. The zero-order valence-electron chi connectivity index (χ0n) is 20.4. The van der Waals surface area contributed by atoms with Gasteiger partial charge in [0.1, 0.15) is 17.9 Å². The molecule has 0 aromatic heterocycles. The maximum atomic E-state index is 13.0. The molecule has 8 heteroatoms. The second-order valence-electron chi connectivity index (χ2n) is 9.95. The van der Waals surface area contributed by atoms with Crippen molar-refractivity contribution in [2.75, 3.05) is 7.05 Å². The fourth-order valence-electron chi connectivity index (χ4n) is 5.61. The number of fused-ring (bicyclic) bond motifs is 1. The summed E-state index contributed by atoms with van der Waals surface area (Å²) in [6, 6.07) is 15.0.